The molecule has 2 amide bonds. The number of benzene rings is 2. The molecule has 1 aliphatic heterocycles. The lowest BCUT2D eigenvalue weighted by molar-refractivity contribution is -0.134. The van der Waals surface area contributed by atoms with Crippen LogP contribution in [0.2, 0.25) is 0 Å². The summed E-state index contributed by atoms with van der Waals surface area (Å²) in [5.41, 5.74) is 3.59. The zero-order valence-electron chi connectivity index (χ0n) is 19.4. The van der Waals surface area contributed by atoms with Gasteiger partial charge >= 0.3 is 0 Å². The minimum absolute atomic E-state index is 0.0164. The first-order valence-corrected chi connectivity index (χ1v) is 11.7. The van der Waals surface area contributed by atoms with Crippen LogP contribution in [0.1, 0.15) is 61.5 Å². The van der Waals surface area contributed by atoms with E-state index < -0.39 is 0 Å². The molecule has 172 valence electrons. The van der Waals surface area contributed by atoms with E-state index >= 15 is 0 Å². The van der Waals surface area contributed by atoms with Crippen LogP contribution in [0.3, 0.4) is 0 Å². The number of nitrogens with zero attached hydrogens (tertiary/aromatic N) is 1. The van der Waals surface area contributed by atoms with Crippen LogP contribution in [0.25, 0.3) is 0 Å². The Hall–Kier alpha value is -3.02. The van der Waals surface area contributed by atoms with E-state index in [1.54, 1.807) is 18.2 Å². The number of hydrogen-bond donors (Lipinski definition) is 1. The Morgan fingerprint density at radius 1 is 0.906 bits per heavy atom. The third-order valence-electron chi connectivity index (χ3n) is 5.80. The van der Waals surface area contributed by atoms with Crippen LogP contribution in [-0.4, -0.2) is 43.0 Å². The van der Waals surface area contributed by atoms with Crippen LogP contribution in [-0.2, 0) is 17.6 Å². The van der Waals surface area contributed by atoms with Crippen LogP contribution >= 0.6 is 0 Å². The Balaban J connectivity index is 1.74. The van der Waals surface area contributed by atoms with Crippen LogP contribution in [0.15, 0.2) is 36.4 Å². The first-order chi connectivity index (χ1) is 15.6. The highest BCUT2D eigenvalue weighted by Crippen LogP contribution is 2.30. The molecule has 1 fully saturated rings. The zero-order valence-corrected chi connectivity index (χ0v) is 19.4. The lowest BCUT2D eigenvalue weighted by atomic mass is 10.0. The number of anilines is 1. The highest BCUT2D eigenvalue weighted by molar-refractivity contribution is 6.05. The summed E-state index contributed by atoms with van der Waals surface area (Å²) < 4.78 is 11.5. The van der Waals surface area contributed by atoms with Crippen molar-refractivity contribution in [3.05, 3.63) is 53.1 Å². The molecule has 1 heterocycles. The summed E-state index contributed by atoms with van der Waals surface area (Å²) in [5, 5.41) is 3.08. The number of piperidine rings is 1. The number of likely N-dealkylation sites (tertiary alicyclic amines) is 1. The summed E-state index contributed by atoms with van der Waals surface area (Å²) in [5.74, 6) is 0.720. The first-order valence-electron chi connectivity index (χ1n) is 11.7. The molecule has 0 bridgehead atoms. The molecule has 0 atom stereocenters. The number of amides is 2. The van der Waals surface area contributed by atoms with Gasteiger partial charge in [0.25, 0.3) is 11.8 Å². The van der Waals surface area contributed by atoms with Gasteiger partial charge in [-0.15, -0.1) is 0 Å². The van der Waals surface area contributed by atoms with Gasteiger partial charge in [0, 0.05) is 24.3 Å². The second kappa shape index (κ2) is 11.6. The topological polar surface area (TPSA) is 67.9 Å². The number of hydrogen-bond acceptors (Lipinski definition) is 4. The van der Waals surface area contributed by atoms with Crippen molar-refractivity contribution in [2.75, 3.05) is 31.6 Å². The third-order valence-corrected chi connectivity index (χ3v) is 5.80. The molecule has 1 N–H and O–H groups in total. The summed E-state index contributed by atoms with van der Waals surface area (Å²) in [6.07, 6.45) is 4.93. The molecule has 3 rings (SSSR count). The first kappa shape index (κ1) is 23.6. The van der Waals surface area contributed by atoms with Gasteiger partial charge in [0.2, 0.25) is 0 Å². The molecule has 1 saturated heterocycles. The van der Waals surface area contributed by atoms with E-state index in [0.29, 0.717) is 23.7 Å². The number of carbonyl (C=O) groups excluding carboxylic acids is 2. The van der Waals surface area contributed by atoms with E-state index in [1.807, 2.05) is 30.0 Å². The second-order valence-corrected chi connectivity index (χ2v) is 7.94. The van der Waals surface area contributed by atoms with Crippen molar-refractivity contribution < 1.29 is 19.1 Å². The maximum Gasteiger partial charge on any atom is 0.260 e. The minimum Gasteiger partial charge on any atom is -0.490 e. The van der Waals surface area contributed by atoms with Crippen molar-refractivity contribution in [3.8, 4) is 11.5 Å². The molecule has 0 unspecified atom stereocenters. The van der Waals surface area contributed by atoms with E-state index in [1.165, 1.54) is 6.42 Å². The van der Waals surface area contributed by atoms with Gasteiger partial charge in [-0.3, -0.25) is 9.59 Å². The summed E-state index contributed by atoms with van der Waals surface area (Å²) >= 11 is 0. The van der Waals surface area contributed by atoms with Gasteiger partial charge < -0.3 is 19.7 Å². The van der Waals surface area contributed by atoms with E-state index in [9.17, 15) is 9.59 Å². The Morgan fingerprint density at radius 2 is 1.59 bits per heavy atom. The summed E-state index contributed by atoms with van der Waals surface area (Å²) in [6.45, 7) is 8.01. The van der Waals surface area contributed by atoms with E-state index in [0.717, 1.165) is 55.6 Å². The molecule has 6 heteroatoms. The molecule has 0 aromatic heterocycles. The van der Waals surface area contributed by atoms with Gasteiger partial charge in [0.1, 0.15) is 0 Å². The number of rotatable bonds is 9. The van der Waals surface area contributed by atoms with Crippen molar-refractivity contribution in [2.24, 2.45) is 0 Å². The Morgan fingerprint density at radius 3 is 2.22 bits per heavy atom. The molecule has 2 aromatic carbocycles. The number of carbonyl (C=O) groups is 2. The smallest absolute Gasteiger partial charge is 0.260 e. The molecule has 32 heavy (non-hydrogen) atoms. The molecule has 6 nitrogen and oxygen atoms in total. The van der Waals surface area contributed by atoms with E-state index in [2.05, 4.69) is 19.2 Å². The standard InChI is InChI=1S/C26H34N2O4/c1-4-19-11-10-12-20(5-2)25(19)27-26(30)21-13-14-22(23(17-21)31-6-3)32-18-24(29)28-15-8-7-9-16-28/h10-14,17H,4-9,15-16,18H2,1-3H3,(H,27,30). The molecule has 0 aliphatic carbocycles. The highest BCUT2D eigenvalue weighted by Gasteiger charge is 2.19. The van der Waals surface area contributed by atoms with Gasteiger partial charge in [-0.2, -0.15) is 0 Å². The highest BCUT2D eigenvalue weighted by atomic mass is 16.5. The van der Waals surface area contributed by atoms with Crippen molar-refractivity contribution >= 4 is 17.5 Å². The monoisotopic (exact) mass is 438 g/mol. The third kappa shape index (κ3) is 5.81. The maximum atomic E-state index is 13.0. The number of nitrogens with one attached hydrogen (secondary N) is 1. The van der Waals surface area contributed by atoms with Crippen molar-refractivity contribution in [2.45, 2.75) is 52.9 Å². The maximum absolute atomic E-state index is 13.0. The average molecular weight is 439 g/mol. The summed E-state index contributed by atoms with van der Waals surface area (Å²) in [6, 6.07) is 11.2. The molecular formula is C26H34N2O4. The quantitative estimate of drug-likeness (QED) is 0.607. The number of ether oxygens (including phenoxy) is 2. The SMILES string of the molecule is CCOc1cc(C(=O)Nc2c(CC)cccc2CC)ccc1OCC(=O)N1CCCCC1. The minimum atomic E-state index is -0.197. The van der Waals surface area contributed by atoms with E-state index in [4.69, 9.17) is 9.47 Å². The fourth-order valence-electron chi connectivity index (χ4n) is 4.00. The zero-order chi connectivity index (χ0) is 22.9. The number of para-hydroxylation sites is 1. The fraction of sp³-hybridized carbons (Fsp3) is 0.462. The van der Waals surface area contributed by atoms with E-state index in [-0.39, 0.29) is 18.4 Å². The predicted molar refractivity (Wildman–Crippen MR) is 127 cm³/mol. The van der Waals surface area contributed by atoms with Crippen LogP contribution in [0.4, 0.5) is 5.69 Å². The van der Waals surface area contributed by atoms with Gasteiger partial charge in [0.05, 0.1) is 6.61 Å². The largest absolute Gasteiger partial charge is 0.490 e. The molecular weight excluding hydrogens is 404 g/mol. The van der Waals surface area contributed by atoms with Crippen LogP contribution in [0, 0.1) is 0 Å². The van der Waals surface area contributed by atoms with Crippen molar-refractivity contribution in [1.29, 1.82) is 0 Å². The normalized spacial score (nSPS) is 13.5. The van der Waals surface area contributed by atoms with Gasteiger partial charge in [0.15, 0.2) is 18.1 Å². The average Bonchev–Trinajstić information content (AvgIpc) is 2.83. The molecule has 0 saturated carbocycles. The van der Waals surface area contributed by atoms with Crippen molar-refractivity contribution in [1.82, 2.24) is 4.90 Å². The summed E-state index contributed by atoms with van der Waals surface area (Å²) in [7, 11) is 0. The Bertz CT molecular complexity index is 913. The van der Waals surface area contributed by atoms with Crippen LogP contribution in [0.5, 0.6) is 11.5 Å². The predicted octanol–water partition coefficient (Wildman–Crippen LogP) is 4.85. The second-order valence-electron chi connectivity index (χ2n) is 7.94. The van der Waals surface area contributed by atoms with Gasteiger partial charge in [-0.05, 0) is 68.4 Å². The lowest BCUT2D eigenvalue weighted by Crippen LogP contribution is -2.38. The van der Waals surface area contributed by atoms with Gasteiger partial charge in [-0.25, -0.2) is 0 Å². The van der Waals surface area contributed by atoms with Crippen molar-refractivity contribution in [3.63, 3.8) is 0 Å². The molecule has 0 radical (unpaired) electrons. The number of aryl methyl sites for hydroxylation is 2. The fourth-order valence-corrected chi connectivity index (χ4v) is 4.00. The molecule has 0 spiro atoms. The lowest BCUT2D eigenvalue weighted by Gasteiger charge is -2.26. The molecule has 2 aromatic rings. The Labute approximate surface area is 190 Å². The molecule has 1 aliphatic rings. The Kier molecular flexibility index (Phi) is 8.54. The van der Waals surface area contributed by atoms with Gasteiger partial charge in [-0.1, -0.05) is 32.0 Å². The summed E-state index contributed by atoms with van der Waals surface area (Å²) in [4.78, 5) is 27.3. The van der Waals surface area contributed by atoms with Crippen LogP contribution < -0.4 is 14.8 Å².